The number of rotatable bonds is 3. The highest BCUT2D eigenvalue weighted by Gasteiger charge is 2.30. The second kappa shape index (κ2) is 7.92. The standard InChI is InChI=1S/C26H24F3N3O/c1-3-31-12-11-23-22(16-31)21-9-8-20(15-24(21)30(23)2)32-13-10-18(14-25(32)33)17-4-6-19(7-5-17)26(27,28)29/h4-10,13-15H,3,11-12,16H2,1-2H3. The molecule has 7 heteroatoms. The summed E-state index contributed by atoms with van der Waals surface area (Å²) in [5.74, 6) is 0. The minimum atomic E-state index is -4.38. The van der Waals surface area contributed by atoms with Crippen LogP contribution in [0.1, 0.15) is 23.7 Å². The fraction of sp³-hybridized carbons (Fsp3) is 0.269. The van der Waals surface area contributed by atoms with Crippen LogP contribution in [0.15, 0.2) is 65.6 Å². The van der Waals surface area contributed by atoms with Crippen LogP contribution in [0.4, 0.5) is 13.2 Å². The molecule has 0 aliphatic carbocycles. The summed E-state index contributed by atoms with van der Waals surface area (Å²) in [6, 6.07) is 14.1. The molecule has 2 aromatic carbocycles. The first-order chi connectivity index (χ1) is 15.8. The summed E-state index contributed by atoms with van der Waals surface area (Å²) < 4.78 is 42.3. The van der Waals surface area contributed by atoms with Crippen molar-refractivity contribution in [2.24, 2.45) is 7.05 Å². The van der Waals surface area contributed by atoms with Crippen LogP contribution in [0.2, 0.25) is 0 Å². The van der Waals surface area contributed by atoms with Crippen molar-refractivity contribution in [3.05, 3.63) is 88.0 Å². The maximum atomic E-state index is 12.9. The largest absolute Gasteiger partial charge is 0.416 e. The predicted octanol–water partition coefficient (Wildman–Crippen LogP) is 5.39. The fourth-order valence-corrected chi connectivity index (χ4v) is 4.76. The van der Waals surface area contributed by atoms with Gasteiger partial charge in [0.2, 0.25) is 0 Å². The topological polar surface area (TPSA) is 30.2 Å². The molecule has 0 saturated carbocycles. The Morgan fingerprint density at radius 1 is 0.970 bits per heavy atom. The smallest absolute Gasteiger partial charge is 0.347 e. The summed E-state index contributed by atoms with van der Waals surface area (Å²) in [6.07, 6.45) is -1.70. The number of pyridine rings is 1. The summed E-state index contributed by atoms with van der Waals surface area (Å²) in [6.45, 7) is 5.18. The van der Waals surface area contributed by atoms with Gasteiger partial charge in [-0.05, 0) is 53.6 Å². The molecule has 0 N–H and O–H groups in total. The SMILES string of the molecule is CCN1CCc2c(c3ccc(-n4ccc(-c5ccc(C(F)(F)F)cc5)cc4=O)cc3n2C)C1. The number of fused-ring (bicyclic) bond motifs is 3. The Morgan fingerprint density at radius 3 is 2.39 bits per heavy atom. The lowest BCUT2D eigenvalue weighted by Crippen LogP contribution is -2.30. The lowest BCUT2D eigenvalue weighted by Gasteiger charge is -2.26. The van der Waals surface area contributed by atoms with Crippen molar-refractivity contribution >= 4 is 10.9 Å². The summed E-state index contributed by atoms with van der Waals surface area (Å²) >= 11 is 0. The highest BCUT2D eigenvalue weighted by Crippen LogP contribution is 2.32. The third-order valence-corrected chi connectivity index (χ3v) is 6.66. The van der Waals surface area contributed by atoms with Crippen LogP contribution in [0.3, 0.4) is 0 Å². The molecule has 3 heterocycles. The first kappa shape index (κ1) is 21.5. The van der Waals surface area contributed by atoms with E-state index in [1.165, 1.54) is 34.8 Å². The van der Waals surface area contributed by atoms with E-state index in [2.05, 4.69) is 29.5 Å². The zero-order valence-electron chi connectivity index (χ0n) is 18.5. The van der Waals surface area contributed by atoms with Crippen molar-refractivity contribution in [3.63, 3.8) is 0 Å². The van der Waals surface area contributed by atoms with E-state index in [-0.39, 0.29) is 5.56 Å². The third kappa shape index (κ3) is 3.76. The Kier molecular flexibility index (Phi) is 5.16. The van der Waals surface area contributed by atoms with E-state index >= 15 is 0 Å². The monoisotopic (exact) mass is 451 g/mol. The van der Waals surface area contributed by atoms with E-state index in [0.717, 1.165) is 49.4 Å². The molecule has 0 fully saturated rings. The number of hydrogen-bond acceptors (Lipinski definition) is 2. The number of nitrogens with zero attached hydrogens (tertiary/aromatic N) is 3. The third-order valence-electron chi connectivity index (χ3n) is 6.66. The van der Waals surface area contributed by atoms with Crippen molar-refractivity contribution in [2.75, 3.05) is 13.1 Å². The molecule has 1 aliphatic rings. The number of likely N-dealkylation sites (N-methyl/N-ethyl adjacent to an activating group) is 1. The molecule has 0 spiro atoms. The fourth-order valence-electron chi connectivity index (χ4n) is 4.76. The van der Waals surface area contributed by atoms with E-state index in [1.807, 2.05) is 12.1 Å². The van der Waals surface area contributed by atoms with Crippen LogP contribution in [0, 0.1) is 0 Å². The highest BCUT2D eigenvalue weighted by atomic mass is 19.4. The van der Waals surface area contributed by atoms with Gasteiger partial charge in [-0.3, -0.25) is 14.3 Å². The number of alkyl halides is 3. The molecule has 0 atom stereocenters. The van der Waals surface area contributed by atoms with E-state index in [1.54, 1.807) is 16.8 Å². The number of benzene rings is 2. The number of halogens is 3. The second-order valence-corrected chi connectivity index (χ2v) is 8.50. The number of hydrogen-bond donors (Lipinski definition) is 0. The quantitative estimate of drug-likeness (QED) is 0.418. The second-order valence-electron chi connectivity index (χ2n) is 8.50. The molecule has 0 unspecified atom stereocenters. The van der Waals surface area contributed by atoms with Gasteiger partial charge in [0.1, 0.15) is 0 Å². The molecule has 1 aliphatic heterocycles. The van der Waals surface area contributed by atoms with Gasteiger partial charge in [-0.2, -0.15) is 13.2 Å². The molecular weight excluding hydrogens is 427 g/mol. The van der Waals surface area contributed by atoms with Gasteiger partial charge in [0.25, 0.3) is 5.56 Å². The van der Waals surface area contributed by atoms with Gasteiger partial charge in [-0.25, -0.2) is 0 Å². The number of aromatic nitrogens is 2. The molecular formula is C26H24F3N3O. The molecule has 170 valence electrons. The molecule has 0 amide bonds. The van der Waals surface area contributed by atoms with Crippen molar-refractivity contribution in [1.29, 1.82) is 0 Å². The lowest BCUT2D eigenvalue weighted by molar-refractivity contribution is -0.137. The van der Waals surface area contributed by atoms with Gasteiger partial charge >= 0.3 is 6.18 Å². The maximum absolute atomic E-state index is 12.9. The molecule has 0 saturated heterocycles. The molecule has 4 nitrogen and oxygen atoms in total. The molecule has 0 radical (unpaired) electrons. The average Bonchev–Trinajstić information content (AvgIpc) is 3.09. The first-order valence-electron chi connectivity index (χ1n) is 11.0. The summed E-state index contributed by atoms with van der Waals surface area (Å²) in [5, 5.41) is 1.21. The summed E-state index contributed by atoms with van der Waals surface area (Å²) in [7, 11) is 2.07. The maximum Gasteiger partial charge on any atom is 0.416 e. The van der Waals surface area contributed by atoms with Gasteiger partial charge in [0, 0.05) is 49.9 Å². The van der Waals surface area contributed by atoms with E-state index in [9.17, 15) is 18.0 Å². The Morgan fingerprint density at radius 2 is 1.73 bits per heavy atom. The molecule has 4 aromatic rings. The highest BCUT2D eigenvalue weighted by molar-refractivity contribution is 5.87. The van der Waals surface area contributed by atoms with Crippen LogP contribution in [0.5, 0.6) is 0 Å². The zero-order chi connectivity index (χ0) is 23.3. The Bertz CT molecular complexity index is 1400. The van der Waals surface area contributed by atoms with Crippen LogP contribution < -0.4 is 5.56 Å². The zero-order valence-corrected chi connectivity index (χ0v) is 18.5. The molecule has 2 aromatic heterocycles. The predicted molar refractivity (Wildman–Crippen MR) is 124 cm³/mol. The lowest BCUT2D eigenvalue weighted by atomic mass is 10.0. The van der Waals surface area contributed by atoms with Gasteiger partial charge in [0.15, 0.2) is 0 Å². The minimum Gasteiger partial charge on any atom is -0.347 e. The van der Waals surface area contributed by atoms with E-state index in [4.69, 9.17) is 0 Å². The summed E-state index contributed by atoms with van der Waals surface area (Å²) in [4.78, 5) is 15.3. The first-order valence-corrected chi connectivity index (χ1v) is 11.0. The van der Waals surface area contributed by atoms with Crippen LogP contribution in [0.25, 0.3) is 27.7 Å². The van der Waals surface area contributed by atoms with Crippen molar-refractivity contribution in [1.82, 2.24) is 14.0 Å². The van der Waals surface area contributed by atoms with Crippen LogP contribution >= 0.6 is 0 Å². The van der Waals surface area contributed by atoms with Gasteiger partial charge < -0.3 is 4.57 Å². The average molecular weight is 451 g/mol. The summed E-state index contributed by atoms with van der Waals surface area (Å²) in [5.41, 5.74) is 4.77. The Balaban J connectivity index is 1.50. The van der Waals surface area contributed by atoms with E-state index in [0.29, 0.717) is 11.1 Å². The Labute approximate surface area is 189 Å². The minimum absolute atomic E-state index is 0.233. The molecule has 33 heavy (non-hydrogen) atoms. The molecule has 0 bridgehead atoms. The van der Waals surface area contributed by atoms with E-state index < -0.39 is 11.7 Å². The van der Waals surface area contributed by atoms with Gasteiger partial charge in [-0.15, -0.1) is 0 Å². The van der Waals surface area contributed by atoms with Crippen molar-refractivity contribution in [3.8, 4) is 16.8 Å². The van der Waals surface area contributed by atoms with Gasteiger partial charge in [0.05, 0.1) is 16.8 Å². The number of aryl methyl sites for hydroxylation is 1. The Hall–Kier alpha value is -3.32. The van der Waals surface area contributed by atoms with Crippen molar-refractivity contribution < 1.29 is 13.2 Å². The van der Waals surface area contributed by atoms with Crippen molar-refractivity contribution in [2.45, 2.75) is 26.1 Å². The van der Waals surface area contributed by atoms with Gasteiger partial charge in [-0.1, -0.05) is 25.1 Å². The van der Waals surface area contributed by atoms with Crippen LogP contribution in [-0.2, 0) is 26.2 Å². The molecule has 5 rings (SSSR count). The van der Waals surface area contributed by atoms with Crippen LogP contribution in [-0.4, -0.2) is 27.1 Å². The normalized spacial score (nSPS) is 14.6.